The number of carboxylic acid groups (broad SMARTS) is 2. The number of ether oxygens (including phenoxy) is 3. The molecule has 12 N–H and O–H groups in total. The van der Waals surface area contributed by atoms with E-state index in [0.717, 1.165) is 11.4 Å². The fourth-order valence-corrected chi connectivity index (χ4v) is 5.97. The minimum Gasteiger partial charge on any atom is -0.497 e. The van der Waals surface area contributed by atoms with Crippen LogP contribution in [0.5, 0.6) is 17.2 Å². The first-order valence-electron chi connectivity index (χ1n) is 23.6. The van der Waals surface area contributed by atoms with Crippen LogP contribution in [0.1, 0.15) is 72.5 Å². The number of hydrogen-bond donors (Lipinski definition) is 11. The highest BCUT2D eigenvalue weighted by molar-refractivity contribution is 6.05. The molecule has 0 aliphatic heterocycles. The Labute approximate surface area is 466 Å². The molecule has 428 valence electrons. The quantitative estimate of drug-likeness (QED) is 0.0327. The second-order valence-corrected chi connectivity index (χ2v) is 15.5. The van der Waals surface area contributed by atoms with Gasteiger partial charge < -0.3 is 50.5 Å². The third-order valence-corrected chi connectivity index (χ3v) is 10.2. The number of carboxylic acids is 2. The Hall–Kier alpha value is -10.4. The van der Waals surface area contributed by atoms with Gasteiger partial charge >= 0.3 is 11.9 Å². The predicted octanol–water partition coefficient (Wildman–Crippen LogP) is 7.65. The maximum atomic E-state index is 12.1. The Morgan fingerprint density at radius 3 is 0.802 bits per heavy atom. The molecular weight excluding hydrogens is 1050 g/mol. The maximum absolute atomic E-state index is 12.1. The minimum absolute atomic E-state index is 0.239. The summed E-state index contributed by atoms with van der Waals surface area (Å²) in [6, 6.07) is 46.0. The zero-order chi connectivity index (χ0) is 60.1. The molecular formula is C57H64N8O16. The van der Waals surface area contributed by atoms with Crippen LogP contribution < -0.4 is 57.8 Å². The van der Waals surface area contributed by atoms with Gasteiger partial charge in [-0.1, -0.05) is 0 Å². The van der Waals surface area contributed by atoms with Crippen LogP contribution >= 0.6 is 0 Å². The average Bonchev–Trinajstić information content (AvgIpc) is 3.50. The topological polar surface area (TPSA) is 346 Å². The van der Waals surface area contributed by atoms with Gasteiger partial charge in [0.05, 0.1) is 53.8 Å². The summed E-state index contributed by atoms with van der Waals surface area (Å²) in [4.78, 5) is 91.5. The summed E-state index contributed by atoms with van der Waals surface area (Å²) in [6.45, 7) is 0. The van der Waals surface area contributed by atoms with Gasteiger partial charge in [0, 0.05) is 64.7 Å². The van der Waals surface area contributed by atoms with Crippen LogP contribution in [0.15, 0.2) is 170 Å². The van der Waals surface area contributed by atoms with Crippen LogP contribution in [0.4, 0.5) is 22.7 Å². The van der Waals surface area contributed by atoms with E-state index in [0.29, 0.717) is 62.0 Å². The van der Waals surface area contributed by atoms with Crippen molar-refractivity contribution in [1.29, 1.82) is 0 Å². The highest BCUT2D eigenvalue weighted by Gasteiger charge is 2.11. The van der Waals surface area contributed by atoms with E-state index < -0.39 is 17.8 Å². The standard InChI is InChI=1S/C16H16N2O4.C15H14N2O4.C9H12N2O2.C8H9NO2.C8H8O3.CH5NO/c1-21-14-9-5-11(6-10-14)15(19)17-13-7-3-12(4-8-13)16(20)18-22-2;1-21-13-8-4-10(5-9-13)14(18)16-12-6-2-11(3-7-12)15(19)17-20;1-10-8-5-3-7(4-6-8)9(12)11-13-2;1-9-7-4-2-6(3-5-7)8(10)11;1-11-7-4-2-6(3-5-7)8(9)10;1-3-2/h3-10H,1-2H3,(H,17,19)(H,18,20);2-9,20H,1H3,(H,16,18)(H,17,19);3-6,10H,1-2H3,(H,11,12);2-5,9H,1H3,(H,10,11);2-5H,1H3,(H,9,10);2H2,1H3. The molecule has 24 heteroatoms. The molecule has 0 fully saturated rings. The van der Waals surface area contributed by atoms with Gasteiger partial charge in [-0.2, -0.15) is 0 Å². The molecule has 0 atom stereocenters. The predicted molar refractivity (Wildman–Crippen MR) is 303 cm³/mol. The van der Waals surface area contributed by atoms with E-state index in [1.165, 1.54) is 52.7 Å². The zero-order valence-electron chi connectivity index (χ0n) is 45.4. The molecule has 0 saturated carbocycles. The molecule has 81 heavy (non-hydrogen) atoms. The summed E-state index contributed by atoms with van der Waals surface area (Å²) < 4.78 is 14.9. The lowest BCUT2D eigenvalue weighted by molar-refractivity contribution is 0.0533. The average molecular weight is 1120 g/mol. The SMILES string of the molecule is CNc1ccc(C(=O)NOC)cc1.CNc1ccc(C(=O)O)cc1.CON.CONC(=O)c1ccc(NC(=O)c2ccc(OC)cc2)cc1.COc1ccc(C(=O)Nc2ccc(C(=O)NO)cc2)cc1.COc1ccc(C(=O)O)cc1. The van der Waals surface area contributed by atoms with Gasteiger partial charge in [0.1, 0.15) is 17.2 Å². The van der Waals surface area contributed by atoms with Crippen molar-refractivity contribution in [2.24, 2.45) is 5.90 Å². The van der Waals surface area contributed by atoms with Gasteiger partial charge in [-0.05, 0) is 170 Å². The van der Waals surface area contributed by atoms with Crippen LogP contribution in [0, 0.1) is 0 Å². The van der Waals surface area contributed by atoms with Gasteiger partial charge in [0.2, 0.25) is 0 Å². The molecule has 0 radical (unpaired) electrons. The summed E-state index contributed by atoms with van der Waals surface area (Å²) in [6.07, 6.45) is 0. The molecule has 0 spiro atoms. The van der Waals surface area contributed by atoms with E-state index in [1.54, 1.807) is 160 Å². The third kappa shape index (κ3) is 24.7. The number of aromatic carboxylic acids is 2. The van der Waals surface area contributed by atoms with Crippen molar-refractivity contribution >= 4 is 64.2 Å². The van der Waals surface area contributed by atoms with Gasteiger partial charge in [0.15, 0.2) is 0 Å². The number of amides is 5. The molecule has 0 bridgehead atoms. The first-order valence-corrected chi connectivity index (χ1v) is 23.6. The van der Waals surface area contributed by atoms with Gasteiger partial charge in [0.25, 0.3) is 29.5 Å². The molecule has 0 saturated heterocycles. The number of rotatable bonds is 16. The van der Waals surface area contributed by atoms with Crippen molar-refractivity contribution in [2.45, 2.75) is 0 Å². The number of methoxy groups -OCH3 is 3. The molecule has 0 unspecified atom stereocenters. The van der Waals surface area contributed by atoms with Crippen LogP contribution in [-0.2, 0) is 14.5 Å². The normalized spacial score (nSPS) is 9.46. The van der Waals surface area contributed by atoms with E-state index in [1.807, 2.05) is 19.2 Å². The fourth-order valence-electron chi connectivity index (χ4n) is 5.97. The summed E-state index contributed by atoms with van der Waals surface area (Å²) in [5.41, 5.74) is 11.9. The lowest BCUT2D eigenvalue weighted by atomic mass is 10.1. The smallest absolute Gasteiger partial charge is 0.335 e. The molecule has 0 heterocycles. The number of nitrogens with one attached hydrogen (secondary N) is 7. The van der Waals surface area contributed by atoms with Crippen molar-refractivity contribution in [2.75, 3.05) is 78.0 Å². The number of nitrogens with two attached hydrogens (primary N) is 1. The van der Waals surface area contributed by atoms with E-state index in [9.17, 15) is 33.6 Å². The number of carbonyl (C=O) groups excluding carboxylic acids is 5. The molecule has 7 rings (SSSR count). The van der Waals surface area contributed by atoms with Crippen LogP contribution in [-0.4, -0.2) is 114 Å². The molecule has 0 aliphatic carbocycles. The van der Waals surface area contributed by atoms with E-state index in [4.69, 9.17) is 29.6 Å². The number of anilines is 4. The third-order valence-electron chi connectivity index (χ3n) is 10.2. The monoisotopic (exact) mass is 1120 g/mol. The van der Waals surface area contributed by atoms with E-state index in [2.05, 4.69) is 52.6 Å². The largest absolute Gasteiger partial charge is 0.497 e. The fraction of sp³-hybridized carbons (Fsp3) is 0.140. The second-order valence-electron chi connectivity index (χ2n) is 15.5. The van der Waals surface area contributed by atoms with Crippen molar-refractivity contribution in [1.82, 2.24) is 16.4 Å². The van der Waals surface area contributed by atoms with Crippen molar-refractivity contribution in [3.8, 4) is 17.2 Å². The summed E-state index contributed by atoms with van der Waals surface area (Å²) in [5.74, 6) is 2.84. The van der Waals surface area contributed by atoms with Gasteiger partial charge in [-0.15, -0.1) is 0 Å². The molecule has 0 aromatic heterocycles. The molecule has 7 aromatic rings. The highest BCUT2D eigenvalue weighted by atomic mass is 16.6. The summed E-state index contributed by atoms with van der Waals surface area (Å²) in [5, 5.41) is 36.9. The Bertz CT molecular complexity index is 2960. The lowest BCUT2D eigenvalue weighted by Crippen LogP contribution is -2.21. The van der Waals surface area contributed by atoms with Gasteiger partial charge in [-0.3, -0.25) is 38.9 Å². The van der Waals surface area contributed by atoms with Crippen LogP contribution in [0.2, 0.25) is 0 Å². The van der Waals surface area contributed by atoms with Crippen molar-refractivity contribution in [3.05, 3.63) is 209 Å². The van der Waals surface area contributed by atoms with E-state index in [-0.39, 0.29) is 29.2 Å². The molecule has 5 amide bonds. The Kier molecular flexibility index (Phi) is 30.8. The van der Waals surface area contributed by atoms with E-state index >= 15 is 0 Å². The lowest BCUT2D eigenvalue weighted by Gasteiger charge is -2.07. The number of benzene rings is 7. The van der Waals surface area contributed by atoms with Gasteiger partial charge in [-0.25, -0.2) is 31.9 Å². The number of hydroxylamine groups is 3. The zero-order valence-corrected chi connectivity index (χ0v) is 45.4. The maximum Gasteiger partial charge on any atom is 0.335 e. The second kappa shape index (κ2) is 37.4. The Balaban J connectivity index is 0.000000352. The highest BCUT2D eigenvalue weighted by Crippen LogP contribution is 2.17. The van der Waals surface area contributed by atoms with Crippen molar-refractivity contribution < 1.29 is 77.7 Å². The number of hydrogen-bond acceptors (Lipinski definition) is 17. The minimum atomic E-state index is -0.923. The Morgan fingerprint density at radius 2 is 0.568 bits per heavy atom. The first kappa shape index (κ1) is 66.7. The molecule has 0 aliphatic rings. The van der Waals surface area contributed by atoms with Crippen molar-refractivity contribution in [3.63, 3.8) is 0 Å². The first-order chi connectivity index (χ1) is 38.9. The van der Waals surface area contributed by atoms with Crippen LogP contribution in [0.3, 0.4) is 0 Å². The molecule has 7 aromatic carbocycles. The van der Waals surface area contributed by atoms with Crippen LogP contribution in [0.25, 0.3) is 0 Å². The number of carbonyl (C=O) groups is 7. The molecule has 24 nitrogen and oxygen atoms in total. The summed E-state index contributed by atoms with van der Waals surface area (Å²) >= 11 is 0. The Morgan fingerprint density at radius 1 is 0.346 bits per heavy atom. The summed E-state index contributed by atoms with van der Waals surface area (Å²) in [7, 11) is 12.4.